The van der Waals surface area contributed by atoms with Gasteiger partial charge in [-0.05, 0) is 53.1 Å². The average molecular weight is 535 g/mol. The van der Waals surface area contributed by atoms with Gasteiger partial charge < -0.3 is 14.2 Å². The molecule has 3 heterocycles. The van der Waals surface area contributed by atoms with Crippen molar-refractivity contribution in [2.75, 3.05) is 60.6 Å². The second-order valence-corrected chi connectivity index (χ2v) is 12.1. The molecule has 0 aromatic heterocycles. The first-order valence-electron chi connectivity index (χ1n) is 13.3. The molecular formula is C30H39N4O3P. The van der Waals surface area contributed by atoms with E-state index in [-0.39, 0.29) is 0 Å². The molecule has 0 aliphatic carbocycles. The number of hydrogen-bond donors (Lipinski definition) is 0. The van der Waals surface area contributed by atoms with Gasteiger partial charge in [-0.1, -0.05) is 36.4 Å². The molecule has 0 atom stereocenters. The highest BCUT2D eigenvalue weighted by molar-refractivity contribution is 7.50. The summed E-state index contributed by atoms with van der Waals surface area (Å²) < 4.78 is 24.4. The van der Waals surface area contributed by atoms with Crippen LogP contribution in [0.4, 0.5) is 0 Å². The number of fused-ring (bicyclic) bond motifs is 6. The van der Waals surface area contributed by atoms with Gasteiger partial charge in [-0.3, -0.25) is 18.9 Å². The molecule has 0 amide bonds. The summed E-state index contributed by atoms with van der Waals surface area (Å²) in [5.41, 5.74) is 3.96. The highest BCUT2D eigenvalue weighted by Gasteiger charge is 2.36. The van der Waals surface area contributed by atoms with E-state index in [4.69, 9.17) is 14.2 Å². The molecule has 0 saturated carbocycles. The van der Waals surface area contributed by atoms with E-state index in [0.29, 0.717) is 0 Å². The van der Waals surface area contributed by atoms with Crippen LogP contribution in [0.1, 0.15) is 16.7 Å². The monoisotopic (exact) mass is 534 g/mol. The van der Waals surface area contributed by atoms with E-state index >= 15 is 0 Å². The topological polar surface area (TPSA) is 40.7 Å². The van der Waals surface area contributed by atoms with Gasteiger partial charge in [0, 0.05) is 58.9 Å². The summed E-state index contributed by atoms with van der Waals surface area (Å²) in [6.07, 6.45) is 0. The number of benzene rings is 3. The second kappa shape index (κ2) is 12.9. The lowest BCUT2D eigenvalue weighted by Crippen LogP contribution is -2.51. The van der Waals surface area contributed by atoms with Crippen LogP contribution in [-0.2, 0) is 19.6 Å². The van der Waals surface area contributed by atoms with Crippen molar-refractivity contribution >= 4 is 8.37 Å². The van der Waals surface area contributed by atoms with Gasteiger partial charge >= 0.3 is 0 Å². The van der Waals surface area contributed by atoms with Gasteiger partial charge in [-0.25, -0.2) is 0 Å². The van der Waals surface area contributed by atoms with E-state index in [1.807, 2.05) is 0 Å². The molecule has 3 saturated heterocycles. The lowest BCUT2D eigenvalue weighted by molar-refractivity contribution is 0.159. The summed E-state index contributed by atoms with van der Waals surface area (Å²) in [6, 6.07) is 25.7. The van der Waals surface area contributed by atoms with E-state index < -0.39 is 8.37 Å². The molecule has 3 aliphatic heterocycles. The largest absolute Gasteiger partial charge is 0.497 e. The molecule has 0 unspecified atom stereocenters. The smallest absolute Gasteiger partial charge is 0.121 e. The first kappa shape index (κ1) is 26.9. The summed E-state index contributed by atoms with van der Waals surface area (Å²) in [5.74, 6) is 2.70. The molecule has 3 aliphatic rings. The van der Waals surface area contributed by atoms with Gasteiger partial charge in [-0.15, -0.1) is 0 Å². The fraction of sp³-hybridized carbons (Fsp3) is 0.400. The van der Waals surface area contributed by atoms with Gasteiger partial charge in [0.2, 0.25) is 0 Å². The highest BCUT2D eigenvalue weighted by atomic mass is 31.2. The lowest BCUT2D eigenvalue weighted by Gasteiger charge is -2.50. The van der Waals surface area contributed by atoms with Crippen molar-refractivity contribution in [2.45, 2.75) is 19.6 Å². The summed E-state index contributed by atoms with van der Waals surface area (Å²) >= 11 is 0. The van der Waals surface area contributed by atoms with E-state index in [1.54, 1.807) is 21.3 Å². The van der Waals surface area contributed by atoms with Gasteiger partial charge in [0.25, 0.3) is 0 Å². The fourth-order valence-electron chi connectivity index (χ4n) is 5.16. The van der Waals surface area contributed by atoms with Crippen LogP contribution in [0.15, 0.2) is 72.8 Å². The number of ether oxygens (including phenoxy) is 3. The van der Waals surface area contributed by atoms with Gasteiger partial charge in [0.15, 0.2) is 0 Å². The Labute approximate surface area is 228 Å². The van der Waals surface area contributed by atoms with Crippen LogP contribution < -0.4 is 14.2 Å². The van der Waals surface area contributed by atoms with Gasteiger partial charge in [0.05, 0.1) is 21.3 Å². The van der Waals surface area contributed by atoms with Crippen molar-refractivity contribution in [3.63, 3.8) is 0 Å². The molecule has 0 spiro atoms. The Morgan fingerprint density at radius 3 is 1.03 bits per heavy atom. The molecule has 0 N–H and O–H groups in total. The number of rotatable bonds is 9. The Morgan fingerprint density at radius 1 is 0.474 bits per heavy atom. The minimum absolute atomic E-state index is 0.693. The van der Waals surface area contributed by atoms with Crippen LogP contribution >= 0.6 is 8.37 Å². The quantitative estimate of drug-likeness (QED) is 0.355. The summed E-state index contributed by atoms with van der Waals surface area (Å²) in [4.78, 5) is 2.63. The molecule has 7 nitrogen and oxygen atoms in total. The van der Waals surface area contributed by atoms with Crippen molar-refractivity contribution in [1.29, 1.82) is 0 Å². The van der Waals surface area contributed by atoms with Crippen LogP contribution in [0, 0.1) is 0 Å². The molecule has 38 heavy (non-hydrogen) atoms. The Kier molecular flexibility index (Phi) is 9.15. The molecule has 8 heteroatoms. The van der Waals surface area contributed by atoms with Crippen LogP contribution in [0.25, 0.3) is 0 Å². The number of methoxy groups -OCH3 is 3. The number of nitrogens with zero attached hydrogens (tertiary/aromatic N) is 4. The van der Waals surface area contributed by atoms with Gasteiger partial charge in [-0.2, -0.15) is 0 Å². The normalized spacial score (nSPS) is 20.9. The van der Waals surface area contributed by atoms with E-state index in [9.17, 15) is 0 Å². The molecule has 3 aromatic rings. The first-order chi connectivity index (χ1) is 18.6. The molecule has 6 rings (SSSR count). The minimum Gasteiger partial charge on any atom is -0.497 e. The predicted molar refractivity (Wildman–Crippen MR) is 154 cm³/mol. The van der Waals surface area contributed by atoms with E-state index in [0.717, 1.165) is 76.2 Å². The van der Waals surface area contributed by atoms with Crippen molar-refractivity contribution in [3.05, 3.63) is 89.5 Å². The molecule has 0 radical (unpaired) electrons. The van der Waals surface area contributed by atoms with Gasteiger partial charge in [0.1, 0.15) is 25.6 Å². The van der Waals surface area contributed by atoms with E-state index in [1.165, 1.54) is 16.7 Å². The van der Waals surface area contributed by atoms with Crippen molar-refractivity contribution in [2.24, 2.45) is 0 Å². The zero-order valence-electron chi connectivity index (χ0n) is 22.8. The molecule has 3 fully saturated rings. The summed E-state index contributed by atoms with van der Waals surface area (Å²) in [7, 11) is 4.48. The Morgan fingerprint density at radius 2 is 0.763 bits per heavy atom. The Balaban J connectivity index is 1.46. The minimum atomic E-state index is -0.693. The average Bonchev–Trinajstić information content (AvgIpc) is 2.94. The van der Waals surface area contributed by atoms with Crippen LogP contribution in [0.3, 0.4) is 0 Å². The van der Waals surface area contributed by atoms with Crippen LogP contribution in [0.2, 0.25) is 0 Å². The zero-order valence-corrected chi connectivity index (χ0v) is 23.6. The summed E-state index contributed by atoms with van der Waals surface area (Å²) in [6.45, 7) is 9.25. The molecule has 3 aromatic carbocycles. The maximum atomic E-state index is 5.41. The van der Waals surface area contributed by atoms with Crippen molar-refractivity contribution in [1.82, 2.24) is 18.9 Å². The Hall–Kier alpha value is -2.67. The lowest BCUT2D eigenvalue weighted by atomic mass is 10.2. The second-order valence-electron chi connectivity index (χ2n) is 9.82. The van der Waals surface area contributed by atoms with Crippen LogP contribution in [0.5, 0.6) is 17.2 Å². The third kappa shape index (κ3) is 6.66. The molecule has 202 valence electrons. The van der Waals surface area contributed by atoms with Crippen molar-refractivity contribution in [3.8, 4) is 17.2 Å². The fourth-order valence-corrected chi connectivity index (χ4v) is 7.91. The maximum Gasteiger partial charge on any atom is 0.121 e. The molecular weight excluding hydrogens is 495 g/mol. The molecule has 2 bridgehead atoms. The van der Waals surface area contributed by atoms with E-state index in [2.05, 4.69) is 91.7 Å². The first-order valence-corrected chi connectivity index (χ1v) is 14.5. The standard InChI is InChI=1S/C30H39N4O3P/c1-35-28-10-4-25(5-11-28)22-32-19-16-31-17-20-33(23-26-6-12-29(36-2)13-7-26)38(32)34(21-18-31)24-27-8-14-30(37-3)15-9-27/h4-15H,16-24H2,1-3H3. The zero-order chi connectivity index (χ0) is 26.3. The SMILES string of the molecule is COc1ccc(CN2CCN3CCN(Cc4ccc(OC)cc4)P2N(Cc2ccc(OC)cc2)CC3)cc1. The third-order valence-corrected chi connectivity index (χ3v) is 9.90. The Bertz CT molecular complexity index is 997. The van der Waals surface area contributed by atoms with Crippen molar-refractivity contribution < 1.29 is 14.2 Å². The van der Waals surface area contributed by atoms with Crippen LogP contribution in [-0.4, -0.2) is 79.5 Å². The third-order valence-electron chi connectivity index (χ3n) is 7.35. The summed E-state index contributed by atoms with van der Waals surface area (Å²) in [5, 5.41) is 0. The maximum absolute atomic E-state index is 5.41. The number of hydrogen-bond acceptors (Lipinski definition) is 7. The highest BCUT2D eigenvalue weighted by Crippen LogP contribution is 2.51. The predicted octanol–water partition coefficient (Wildman–Crippen LogP) is 5.07.